The third-order valence-corrected chi connectivity index (χ3v) is 4.50. The van der Waals surface area contributed by atoms with Gasteiger partial charge < -0.3 is 14.7 Å². The highest BCUT2D eigenvalue weighted by molar-refractivity contribution is 5.65. The molecule has 0 aromatic heterocycles. The Morgan fingerprint density at radius 1 is 1.31 bits per heavy atom. The molecule has 1 spiro atoms. The summed E-state index contributed by atoms with van der Waals surface area (Å²) in [5.41, 5.74) is -0.0554. The number of ether oxygens (including phenoxy) is 1. The Morgan fingerprint density at radius 2 is 1.81 bits per heavy atom. The third-order valence-electron chi connectivity index (χ3n) is 4.50. The van der Waals surface area contributed by atoms with Gasteiger partial charge in [-0.1, -0.05) is 20.8 Å². The number of nitrogens with zero attached hydrogens (tertiary/aromatic N) is 1. The Kier molecular flexibility index (Phi) is 2.29. The molecule has 16 heavy (non-hydrogen) atoms. The summed E-state index contributed by atoms with van der Waals surface area (Å²) in [6, 6.07) is 0. The van der Waals surface area contributed by atoms with Crippen LogP contribution in [-0.4, -0.2) is 40.4 Å². The molecule has 1 unspecified atom stereocenters. The largest absolute Gasteiger partial charge is 0.465 e. The highest BCUT2D eigenvalue weighted by Gasteiger charge is 2.71. The maximum absolute atomic E-state index is 10.8. The fourth-order valence-corrected chi connectivity index (χ4v) is 2.84. The standard InChI is InChI=1S/C12H21NO3/c1-10(2,3)11(4)12(16-11)5-7-13(8-6-12)9(14)15/h5-8H2,1-4H3,(H,14,15). The van der Waals surface area contributed by atoms with Crippen LogP contribution in [0.5, 0.6) is 0 Å². The molecular weight excluding hydrogens is 206 g/mol. The van der Waals surface area contributed by atoms with Gasteiger partial charge in [-0.15, -0.1) is 0 Å². The molecular formula is C12H21NO3. The summed E-state index contributed by atoms with van der Waals surface area (Å²) in [7, 11) is 0. The normalized spacial score (nSPS) is 32.9. The molecule has 1 amide bonds. The van der Waals surface area contributed by atoms with Crippen molar-refractivity contribution in [2.45, 2.75) is 51.7 Å². The molecule has 2 fully saturated rings. The number of rotatable bonds is 0. The van der Waals surface area contributed by atoms with Gasteiger partial charge in [-0.05, 0) is 25.2 Å². The number of hydrogen-bond donors (Lipinski definition) is 1. The smallest absolute Gasteiger partial charge is 0.407 e. The second-order valence-electron chi connectivity index (χ2n) is 6.15. The third kappa shape index (κ3) is 1.43. The molecule has 2 rings (SSSR count). The molecule has 2 aliphatic heterocycles. The van der Waals surface area contributed by atoms with Gasteiger partial charge in [-0.2, -0.15) is 0 Å². The SMILES string of the molecule is CC(C)(C)C1(C)OC12CCN(C(=O)O)CC2. The predicted octanol–water partition coefficient (Wildman–Crippen LogP) is 2.33. The highest BCUT2D eigenvalue weighted by Crippen LogP contribution is 2.62. The van der Waals surface area contributed by atoms with Crippen LogP contribution in [-0.2, 0) is 4.74 Å². The van der Waals surface area contributed by atoms with E-state index in [1.54, 1.807) is 0 Å². The van der Waals surface area contributed by atoms with E-state index in [2.05, 4.69) is 27.7 Å². The van der Waals surface area contributed by atoms with Crippen LogP contribution in [0.3, 0.4) is 0 Å². The molecule has 2 saturated heterocycles. The van der Waals surface area contributed by atoms with Crippen molar-refractivity contribution in [3.05, 3.63) is 0 Å². The fourth-order valence-electron chi connectivity index (χ4n) is 2.84. The zero-order valence-corrected chi connectivity index (χ0v) is 10.5. The molecule has 1 N–H and O–H groups in total. The number of hydrogen-bond acceptors (Lipinski definition) is 2. The van der Waals surface area contributed by atoms with E-state index >= 15 is 0 Å². The molecule has 2 aliphatic rings. The van der Waals surface area contributed by atoms with Crippen LogP contribution >= 0.6 is 0 Å². The molecule has 0 aromatic rings. The first-order valence-electron chi connectivity index (χ1n) is 5.90. The summed E-state index contributed by atoms with van der Waals surface area (Å²) >= 11 is 0. The lowest BCUT2D eigenvalue weighted by atomic mass is 9.71. The zero-order valence-electron chi connectivity index (χ0n) is 10.5. The lowest BCUT2D eigenvalue weighted by Gasteiger charge is -2.33. The highest BCUT2D eigenvalue weighted by atomic mass is 16.6. The minimum absolute atomic E-state index is 0.0722. The number of carboxylic acid groups (broad SMARTS) is 1. The van der Waals surface area contributed by atoms with Crippen molar-refractivity contribution in [2.24, 2.45) is 5.41 Å². The van der Waals surface area contributed by atoms with E-state index in [-0.39, 0.29) is 16.6 Å². The first-order valence-corrected chi connectivity index (χ1v) is 5.90. The average Bonchev–Trinajstić information content (AvgIpc) is 2.72. The summed E-state index contributed by atoms with van der Waals surface area (Å²) in [6.07, 6.45) is 0.841. The summed E-state index contributed by atoms with van der Waals surface area (Å²) in [5.74, 6) is 0. The molecule has 0 aromatic carbocycles. The lowest BCUT2D eigenvalue weighted by Crippen LogP contribution is -2.45. The Bertz CT molecular complexity index is 313. The van der Waals surface area contributed by atoms with E-state index in [4.69, 9.17) is 9.84 Å². The van der Waals surface area contributed by atoms with Gasteiger partial charge in [0.2, 0.25) is 0 Å². The van der Waals surface area contributed by atoms with Gasteiger partial charge in [0.1, 0.15) is 11.2 Å². The molecule has 4 heteroatoms. The number of piperidine rings is 1. The van der Waals surface area contributed by atoms with Crippen molar-refractivity contribution in [3.63, 3.8) is 0 Å². The topological polar surface area (TPSA) is 53.1 Å². The van der Waals surface area contributed by atoms with E-state index in [9.17, 15) is 4.79 Å². The Balaban J connectivity index is 2.04. The molecule has 1 atom stereocenters. The van der Waals surface area contributed by atoms with Gasteiger partial charge >= 0.3 is 6.09 Å². The first kappa shape index (κ1) is 11.7. The molecule has 92 valence electrons. The predicted molar refractivity (Wildman–Crippen MR) is 60.5 cm³/mol. The summed E-state index contributed by atoms with van der Waals surface area (Å²) in [5, 5.41) is 8.90. The molecule has 0 saturated carbocycles. The molecule has 0 aliphatic carbocycles. The van der Waals surface area contributed by atoms with E-state index < -0.39 is 6.09 Å². The van der Waals surface area contributed by atoms with Crippen LogP contribution in [0.15, 0.2) is 0 Å². The second-order valence-corrected chi connectivity index (χ2v) is 6.15. The van der Waals surface area contributed by atoms with Crippen molar-refractivity contribution in [1.82, 2.24) is 4.90 Å². The monoisotopic (exact) mass is 227 g/mol. The van der Waals surface area contributed by atoms with E-state index in [0.29, 0.717) is 13.1 Å². The van der Waals surface area contributed by atoms with Crippen molar-refractivity contribution < 1.29 is 14.6 Å². The van der Waals surface area contributed by atoms with Gasteiger partial charge in [0, 0.05) is 13.1 Å². The van der Waals surface area contributed by atoms with Crippen molar-refractivity contribution >= 4 is 6.09 Å². The summed E-state index contributed by atoms with van der Waals surface area (Å²) in [6.45, 7) is 9.91. The average molecular weight is 227 g/mol. The van der Waals surface area contributed by atoms with Crippen molar-refractivity contribution in [3.8, 4) is 0 Å². The Morgan fingerprint density at radius 3 is 2.12 bits per heavy atom. The molecule has 0 radical (unpaired) electrons. The van der Waals surface area contributed by atoms with Crippen LogP contribution in [0.2, 0.25) is 0 Å². The lowest BCUT2D eigenvalue weighted by molar-refractivity contribution is 0.113. The maximum atomic E-state index is 10.8. The number of amides is 1. The Labute approximate surface area is 96.6 Å². The van der Waals surface area contributed by atoms with Crippen LogP contribution < -0.4 is 0 Å². The zero-order chi connectivity index (χ0) is 12.2. The maximum Gasteiger partial charge on any atom is 0.407 e. The van der Waals surface area contributed by atoms with Crippen molar-refractivity contribution in [2.75, 3.05) is 13.1 Å². The number of likely N-dealkylation sites (tertiary alicyclic amines) is 1. The minimum Gasteiger partial charge on any atom is -0.465 e. The first-order chi connectivity index (χ1) is 7.22. The Hall–Kier alpha value is -0.770. The van der Waals surface area contributed by atoms with E-state index in [1.165, 1.54) is 4.90 Å². The fraction of sp³-hybridized carbons (Fsp3) is 0.917. The minimum atomic E-state index is -0.812. The molecule has 4 nitrogen and oxygen atoms in total. The second kappa shape index (κ2) is 3.13. The molecule has 2 heterocycles. The van der Waals surface area contributed by atoms with Crippen LogP contribution in [0.25, 0.3) is 0 Å². The van der Waals surface area contributed by atoms with Gasteiger partial charge in [0.25, 0.3) is 0 Å². The van der Waals surface area contributed by atoms with Crippen molar-refractivity contribution in [1.29, 1.82) is 0 Å². The number of epoxide rings is 1. The summed E-state index contributed by atoms with van der Waals surface area (Å²) in [4.78, 5) is 12.3. The van der Waals surface area contributed by atoms with Crippen LogP contribution in [0, 0.1) is 5.41 Å². The van der Waals surface area contributed by atoms with E-state index in [1.807, 2.05) is 0 Å². The summed E-state index contributed by atoms with van der Waals surface area (Å²) < 4.78 is 6.01. The van der Waals surface area contributed by atoms with Gasteiger partial charge in [-0.25, -0.2) is 4.79 Å². The van der Waals surface area contributed by atoms with Gasteiger partial charge in [0.15, 0.2) is 0 Å². The van der Waals surface area contributed by atoms with Gasteiger partial charge in [0.05, 0.1) is 0 Å². The van der Waals surface area contributed by atoms with Gasteiger partial charge in [-0.3, -0.25) is 0 Å². The number of carbonyl (C=O) groups is 1. The van der Waals surface area contributed by atoms with Crippen LogP contribution in [0.1, 0.15) is 40.5 Å². The quantitative estimate of drug-likeness (QED) is 0.646. The van der Waals surface area contributed by atoms with Crippen LogP contribution in [0.4, 0.5) is 4.79 Å². The molecule has 0 bridgehead atoms. The van der Waals surface area contributed by atoms with E-state index in [0.717, 1.165) is 12.8 Å².